The molecule has 5 nitrogen and oxygen atoms in total. The first-order valence-corrected chi connectivity index (χ1v) is 9.26. The van der Waals surface area contributed by atoms with E-state index >= 15 is 0 Å². The van der Waals surface area contributed by atoms with Gasteiger partial charge in [0, 0.05) is 0 Å². The summed E-state index contributed by atoms with van der Waals surface area (Å²) < 4.78 is 23.3. The van der Waals surface area contributed by atoms with Crippen LogP contribution < -0.4 is 14.2 Å². The number of ether oxygens (including phenoxy) is 3. The molecule has 0 bridgehead atoms. The summed E-state index contributed by atoms with van der Waals surface area (Å²) in [5.74, 6) is 2.29. The van der Waals surface area contributed by atoms with Crippen LogP contribution in [-0.2, 0) is 5.60 Å². The maximum atomic E-state index is 6.19. The Labute approximate surface area is 141 Å². The molecule has 0 spiro atoms. The fourth-order valence-electron chi connectivity index (χ4n) is 3.01. The van der Waals surface area contributed by atoms with Gasteiger partial charge in [0.25, 0.3) is 0 Å². The summed E-state index contributed by atoms with van der Waals surface area (Å²) in [6, 6.07) is 3.95. The zero-order valence-corrected chi connectivity index (χ0v) is 15.0. The van der Waals surface area contributed by atoms with Gasteiger partial charge in [-0.15, -0.1) is 0 Å². The molecule has 0 N–H and O–H groups in total. The van der Waals surface area contributed by atoms with Crippen LogP contribution in [0.5, 0.6) is 17.2 Å². The molecule has 4 rings (SSSR count). The van der Waals surface area contributed by atoms with E-state index in [1.807, 2.05) is 26.0 Å². The molecule has 1 aromatic carbocycles. The Balaban J connectivity index is 1.78. The van der Waals surface area contributed by atoms with Crippen molar-refractivity contribution in [1.82, 2.24) is 9.19 Å². The van der Waals surface area contributed by atoms with Gasteiger partial charge < -0.3 is 0 Å². The normalized spacial score (nSPS) is 18.2. The van der Waals surface area contributed by atoms with Crippen molar-refractivity contribution in [1.29, 1.82) is 0 Å². The Hall–Kier alpha value is -1.78. The van der Waals surface area contributed by atoms with Crippen LogP contribution in [0, 0.1) is 0 Å². The molecule has 2 heterocycles. The maximum absolute atomic E-state index is 6.19. The number of benzene rings is 1. The Morgan fingerprint density at radius 2 is 2.00 bits per heavy atom. The van der Waals surface area contributed by atoms with E-state index in [4.69, 9.17) is 14.2 Å². The number of hydrogen-bond donors (Lipinski definition) is 0. The van der Waals surface area contributed by atoms with Crippen LogP contribution in [0.2, 0.25) is 0 Å². The van der Waals surface area contributed by atoms with Gasteiger partial charge in [-0.1, -0.05) is 0 Å². The molecule has 1 aromatic heterocycles. The fourth-order valence-corrected chi connectivity index (χ4v) is 4.76. The van der Waals surface area contributed by atoms with Gasteiger partial charge in [0.05, 0.1) is 0 Å². The molecule has 0 fully saturated rings. The number of aromatic nitrogens is 2. The molecule has 0 atom stereocenters. The van der Waals surface area contributed by atoms with Crippen LogP contribution in [0.3, 0.4) is 0 Å². The summed E-state index contributed by atoms with van der Waals surface area (Å²) >= 11 is -0.00606. The third-order valence-corrected chi connectivity index (χ3v) is 5.78. The van der Waals surface area contributed by atoms with Crippen molar-refractivity contribution >= 4 is 14.7 Å². The number of hydrogen-bond acceptors (Lipinski definition) is 5. The first-order chi connectivity index (χ1) is 11.1. The van der Waals surface area contributed by atoms with Gasteiger partial charge in [0.2, 0.25) is 0 Å². The topological polar surface area (TPSA) is 53.5 Å². The molecule has 0 saturated heterocycles. The first kappa shape index (κ1) is 14.8. The third-order valence-electron chi connectivity index (χ3n) is 4.19. The molecule has 2 aliphatic rings. The predicted molar refractivity (Wildman–Crippen MR) is 87.4 cm³/mol. The molecule has 120 valence electrons. The van der Waals surface area contributed by atoms with Gasteiger partial charge in [-0.25, -0.2) is 0 Å². The molecule has 6 heteroatoms. The van der Waals surface area contributed by atoms with Crippen molar-refractivity contribution in [3.8, 4) is 27.2 Å². The molecule has 2 aromatic rings. The van der Waals surface area contributed by atoms with Crippen molar-refractivity contribution < 1.29 is 14.2 Å². The predicted octanol–water partition coefficient (Wildman–Crippen LogP) is 2.93. The monoisotopic (exact) mass is 378 g/mol. The van der Waals surface area contributed by atoms with E-state index in [9.17, 15) is 0 Å². The summed E-state index contributed by atoms with van der Waals surface area (Å²) in [6.07, 6.45) is 6.34. The second kappa shape index (κ2) is 5.39. The van der Waals surface area contributed by atoms with E-state index < -0.39 is 5.60 Å². The molecule has 0 radical (unpaired) electrons. The van der Waals surface area contributed by atoms with Crippen molar-refractivity contribution in [2.45, 2.75) is 38.4 Å². The van der Waals surface area contributed by atoms with Crippen LogP contribution in [0.15, 0.2) is 24.3 Å². The summed E-state index contributed by atoms with van der Waals surface area (Å²) in [5, 5.41) is 4.30. The van der Waals surface area contributed by atoms with E-state index in [0.29, 0.717) is 0 Å². The summed E-state index contributed by atoms with van der Waals surface area (Å²) in [7, 11) is 1.67. The number of fused-ring (bicyclic) bond motifs is 3. The Kier molecular flexibility index (Phi) is 3.47. The second-order valence-corrected chi connectivity index (χ2v) is 7.83. The molecule has 1 aliphatic carbocycles. The van der Waals surface area contributed by atoms with Gasteiger partial charge in [-0.2, -0.15) is 0 Å². The molecular weight excluding hydrogens is 359 g/mol. The zero-order chi connectivity index (χ0) is 16.0. The van der Waals surface area contributed by atoms with E-state index in [1.54, 1.807) is 7.11 Å². The van der Waals surface area contributed by atoms with Crippen molar-refractivity contribution in [3.05, 3.63) is 30.0 Å². The van der Waals surface area contributed by atoms with Crippen LogP contribution in [0.25, 0.3) is 10.0 Å². The number of nitrogens with zero attached hydrogens (tertiary/aromatic N) is 2. The van der Waals surface area contributed by atoms with Gasteiger partial charge in [-0.05, 0) is 0 Å². The van der Waals surface area contributed by atoms with E-state index in [0.717, 1.165) is 41.3 Å². The Morgan fingerprint density at radius 3 is 2.74 bits per heavy atom. The van der Waals surface area contributed by atoms with Crippen molar-refractivity contribution in [2.24, 2.45) is 0 Å². The van der Waals surface area contributed by atoms with Gasteiger partial charge in [0.1, 0.15) is 0 Å². The van der Waals surface area contributed by atoms with E-state index in [-0.39, 0.29) is 20.8 Å². The number of methoxy groups -OCH3 is 1. The Bertz CT molecular complexity index is 774. The standard InChI is InChI=1S/C17H18N2O3Se/c1-17(2)16-15(23-19-18-16)11-8-13(20-3)14(9-12(11)22-17)21-10-6-4-5-7-10/h4-5,8-10H,6-7H2,1-3H3. The molecule has 0 saturated carbocycles. The fraction of sp³-hybridized carbons (Fsp3) is 0.412. The van der Waals surface area contributed by atoms with E-state index in [2.05, 4.69) is 21.3 Å². The minimum absolute atomic E-state index is 0.00606. The zero-order valence-electron chi connectivity index (χ0n) is 13.3. The second-order valence-electron chi connectivity index (χ2n) is 6.24. The molecule has 0 unspecified atom stereocenters. The average molecular weight is 377 g/mol. The quantitative estimate of drug-likeness (QED) is 0.608. The SMILES string of the molecule is COc1cc2c(cc1OC1CC=CC1)OC(C)(C)c1nn[se]c1-2. The van der Waals surface area contributed by atoms with Crippen LogP contribution in [0.4, 0.5) is 0 Å². The van der Waals surface area contributed by atoms with Gasteiger partial charge in [0.15, 0.2) is 0 Å². The van der Waals surface area contributed by atoms with Crippen molar-refractivity contribution in [3.63, 3.8) is 0 Å². The summed E-state index contributed by atoms with van der Waals surface area (Å²) in [4.78, 5) is 0. The van der Waals surface area contributed by atoms with Crippen LogP contribution in [0.1, 0.15) is 32.4 Å². The van der Waals surface area contributed by atoms with Crippen molar-refractivity contribution in [2.75, 3.05) is 7.11 Å². The molecule has 1 aliphatic heterocycles. The van der Waals surface area contributed by atoms with E-state index in [1.165, 1.54) is 4.44 Å². The van der Waals surface area contributed by atoms with Gasteiger partial charge >= 0.3 is 141 Å². The Morgan fingerprint density at radius 1 is 1.22 bits per heavy atom. The third kappa shape index (κ3) is 2.46. The minimum atomic E-state index is -0.467. The first-order valence-electron chi connectivity index (χ1n) is 7.64. The van der Waals surface area contributed by atoms with Gasteiger partial charge in [-0.3, -0.25) is 0 Å². The molecule has 0 amide bonds. The number of rotatable bonds is 3. The molecule has 23 heavy (non-hydrogen) atoms. The average Bonchev–Trinajstić information content (AvgIpc) is 3.18. The summed E-state index contributed by atoms with van der Waals surface area (Å²) in [5.41, 5.74) is 1.49. The van der Waals surface area contributed by atoms with Crippen LogP contribution >= 0.6 is 0 Å². The molecular formula is C17H18N2O3Se. The van der Waals surface area contributed by atoms with Crippen LogP contribution in [-0.4, -0.2) is 37.1 Å². The summed E-state index contributed by atoms with van der Waals surface area (Å²) in [6.45, 7) is 4.05.